The van der Waals surface area contributed by atoms with Crippen LogP contribution in [0.25, 0.3) is 0 Å². The molecular weight excluding hydrogens is 294 g/mol. The fourth-order valence-electron chi connectivity index (χ4n) is 1.94. The summed E-state index contributed by atoms with van der Waals surface area (Å²) in [5.74, 6) is 0. The molecule has 0 saturated carbocycles. The zero-order valence-electron chi connectivity index (χ0n) is 11.1. The van der Waals surface area contributed by atoms with Crippen LogP contribution in [0.5, 0.6) is 0 Å². The summed E-state index contributed by atoms with van der Waals surface area (Å²) in [4.78, 5) is 0.271. The number of hydrogen-bond donors (Lipinski definition) is 1. The number of halogens is 1. The summed E-state index contributed by atoms with van der Waals surface area (Å²) in [5.41, 5.74) is 0.899. The topological polar surface area (TPSA) is 46.2 Å². The lowest BCUT2D eigenvalue weighted by molar-refractivity contribution is 0.550. The maximum Gasteiger partial charge on any atom is 0.241 e. The maximum atomic E-state index is 12.3. The van der Waals surface area contributed by atoms with Crippen molar-refractivity contribution in [1.82, 2.24) is 4.72 Å². The monoisotopic (exact) mass is 309 g/mol. The van der Waals surface area contributed by atoms with Crippen molar-refractivity contribution < 1.29 is 8.42 Å². The van der Waals surface area contributed by atoms with Crippen molar-refractivity contribution >= 4 is 21.6 Å². The molecule has 2 rings (SSSR count). The molecule has 0 amide bonds. The smallest absolute Gasteiger partial charge is 0.207 e. The van der Waals surface area contributed by atoms with Gasteiger partial charge < -0.3 is 0 Å². The zero-order chi connectivity index (χ0) is 14.6. The molecule has 1 N–H and O–H groups in total. The van der Waals surface area contributed by atoms with E-state index in [9.17, 15) is 8.42 Å². The standard InChI is InChI=1S/C15H16ClNO2S/c1-2-15(12-8-10-13(16)11-9-12)17-20(18,19)14-6-4-3-5-7-14/h3-11,15,17H,2H2,1H3/t15-/m1/s1. The van der Waals surface area contributed by atoms with Gasteiger partial charge in [0.25, 0.3) is 0 Å². The predicted molar refractivity (Wildman–Crippen MR) is 81.2 cm³/mol. The number of hydrogen-bond acceptors (Lipinski definition) is 2. The largest absolute Gasteiger partial charge is 0.241 e. The third kappa shape index (κ3) is 3.60. The van der Waals surface area contributed by atoms with Crippen LogP contribution in [0.3, 0.4) is 0 Å². The number of nitrogens with one attached hydrogen (secondary N) is 1. The van der Waals surface area contributed by atoms with E-state index in [2.05, 4.69) is 4.72 Å². The van der Waals surface area contributed by atoms with Crippen LogP contribution in [0.4, 0.5) is 0 Å². The first-order chi connectivity index (χ1) is 9.53. The molecule has 2 aromatic rings. The Labute approximate surface area is 124 Å². The van der Waals surface area contributed by atoms with Gasteiger partial charge in [0.2, 0.25) is 10.0 Å². The molecular formula is C15H16ClNO2S. The fourth-order valence-corrected chi connectivity index (χ4v) is 3.39. The average Bonchev–Trinajstić information content (AvgIpc) is 2.47. The maximum absolute atomic E-state index is 12.3. The molecule has 0 saturated heterocycles. The molecule has 5 heteroatoms. The van der Waals surface area contributed by atoms with E-state index in [4.69, 9.17) is 11.6 Å². The van der Waals surface area contributed by atoms with E-state index in [0.717, 1.165) is 5.56 Å². The highest BCUT2D eigenvalue weighted by Crippen LogP contribution is 2.21. The number of benzene rings is 2. The third-order valence-corrected chi connectivity index (χ3v) is 4.77. The summed E-state index contributed by atoms with van der Waals surface area (Å²) in [6, 6.07) is 15.3. The summed E-state index contributed by atoms with van der Waals surface area (Å²) < 4.78 is 27.3. The number of rotatable bonds is 5. The van der Waals surface area contributed by atoms with E-state index in [1.54, 1.807) is 42.5 Å². The molecule has 0 fully saturated rings. The van der Waals surface area contributed by atoms with Crippen LogP contribution < -0.4 is 4.72 Å². The van der Waals surface area contributed by atoms with Crippen LogP contribution in [0.15, 0.2) is 59.5 Å². The van der Waals surface area contributed by atoms with E-state index in [1.807, 2.05) is 19.1 Å². The van der Waals surface area contributed by atoms with E-state index < -0.39 is 10.0 Å². The van der Waals surface area contributed by atoms with Gasteiger partial charge in [-0.1, -0.05) is 48.9 Å². The minimum atomic E-state index is -3.51. The van der Waals surface area contributed by atoms with Gasteiger partial charge in [-0.2, -0.15) is 0 Å². The van der Waals surface area contributed by atoms with Crippen molar-refractivity contribution in [3.63, 3.8) is 0 Å². The van der Waals surface area contributed by atoms with Gasteiger partial charge in [-0.25, -0.2) is 13.1 Å². The second kappa shape index (κ2) is 6.39. The van der Waals surface area contributed by atoms with Gasteiger partial charge in [0.15, 0.2) is 0 Å². The first-order valence-electron chi connectivity index (χ1n) is 6.36. The van der Waals surface area contributed by atoms with E-state index in [1.165, 1.54) is 0 Å². The predicted octanol–water partition coefficient (Wildman–Crippen LogP) is 3.77. The molecule has 2 aromatic carbocycles. The van der Waals surface area contributed by atoms with Crippen molar-refractivity contribution in [3.05, 3.63) is 65.2 Å². The van der Waals surface area contributed by atoms with Crippen molar-refractivity contribution in [2.45, 2.75) is 24.3 Å². The van der Waals surface area contributed by atoms with E-state index in [-0.39, 0.29) is 10.9 Å². The Morgan fingerprint density at radius 3 is 2.20 bits per heavy atom. The molecule has 0 aliphatic heterocycles. The highest BCUT2D eigenvalue weighted by molar-refractivity contribution is 7.89. The van der Waals surface area contributed by atoms with Gasteiger partial charge >= 0.3 is 0 Å². The SMILES string of the molecule is CC[C@@H](NS(=O)(=O)c1ccccc1)c1ccc(Cl)cc1. The first-order valence-corrected chi connectivity index (χ1v) is 8.22. The van der Waals surface area contributed by atoms with Gasteiger partial charge in [-0.15, -0.1) is 0 Å². The van der Waals surface area contributed by atoms with Crippen LogP contribution in [-0.2, 0) is 10.0 Å². The van der Waals surface area contributed by atoms with E-state index >= 15 is 0 Å². The molecule has 3 nitrogen and oxygen atoms in total. The summed E-state index contributed by atoms with van der Waals surface area (Å²) in [5, 5.41) is 0.634. The van der Waals surface area contributed by atoms with Crippen LogP contribution >= 0.6 is 11.6 Å². The van der Waals surface area contributed by atoms with Gasteiger partial charge in [0.1, 0.15) is 0 Å². The van der Waals surface area contributed by atoms with Gasteiger partial charge in [0, 0.05) is 11.1 Å². The third-order valence-electron chi connectivity index (χ3n) is 3.03. The summed E-state index contributed by atoms with van der Waals surface area (Å²) in [6.07, 6.45) is 0.660. The quantitative estimate of drug-likeness (QED) is 0.914. The molecule has 0 aliphatic rings. The minimum absolute atomic E-state index is 0.266. The lowest BCUT2D eigenvalue weighted by Gasteiger charge is -2.17. The van der Waals surface area contributed by atoms with Crippen LogP contribution in [0.1, 0.15) is 24.9 Å². The van der Waals surface area contributed by atoms with Crippen molar-refractivity contribution in [2.75, 3.05) is 0 Å². The van der Waals surface area contributed by atoms with Crippen LogP contribution in [0.2, 0.25) is 5.02 Å². The second-order valence-electron chi connectivity index (χ2n) is 4.45. The molecule has 0 aromatic heterocycles. The lowest BCUT2D eigenvalue weighted by Crippen LogP contribution is -2.28. The Bertz CT molecular complexity index is 654. The number of sulfonamides is 1. The molecule has 0 unspecified atom stereocenters. The fraction of sp³-hybridized carbons (Fsp3) is 0.200. The summed E-state index contributed by atoms with van der Waals surface area (Å²) in [7, 11) is -3.51. The van der Waals surface area contributed by atoms with Crippen LogP contribution in [-0.4, -0.2) is 8.42 Å². The highest BCUT2D eigenvalue weighted by atomic mass is 35.5. The van der Waals surface area contributed by atoms with Gasteiger partial charge in [-0.05, 0) is 36.2 Å². The first kappa shape index (κ1) is 15.0. The average molecular weight is 310 g/mol. The Hall–Kier alpha value is -1.36. The van der Waals surface area contributed by atoms with Gasteiger partial charge in [-0.3, -0.25) is 0 Å². The Kier molecular flexibility index (Phi) is 4.81. The van der Waals surface area contributed by atoms with E-state index in [0.29, 0.717) is 11.4 Å². The zero-order valence-corrected chi connectivity index (χ0v) is 12.7. The van der Waals surface area contributed by atoms with Crippen molar-refractivity contribution in [1.29, 1.82) is 0 Å². The molecule has 1 atom stereocenters. The minimum Gasteiger partial charge on any atom is -0.207 e. The Morgan fingerprint density at radius 1 is 1.05 bits per heavy atom. The van der Waals surface area contributed by atoms with Crippen molar-refractivity contribution in [3.8, 4) is 0 Å². The normalized spacial score (nSPS) is 13.1. The van der Waals surface area contributed by atoms with Gasteiger partial charge in [0.05, 0.1) is 4.90 Å². The molecule has 0 radical (unpaired) electrons. The molecule has 0 spiro atoms. The Morgan fingerprint density at radius 2 is 1.65 bits per heavy atom. The molecule has 0 bridgehead atoms. The second-order valence-corrected chi connectivity index (χ2v) is 6.60. The Balaban J connectivity index is 2.24. The summed E-state index contributed by atoms with van der Waals surface area (Å²) in [6.45, 7) is 1.94. The van der Waals surface area contributed by atoms with Crippen LogP contribution in [0, 0.1) is 0 Å². The summed E-state index contributed by atoms with van der Waals surface area (Å²) >= 11 is 5.85. The molecule has 106 valence electrons. The van der Waals surface area contributed by atoms with Crippen molar-refractivity contribution in [2.24, 2.45) is 0 Å². The lowest BCUT2D eigenvalue weighted by atomic mass is 10.1. The molecule has 0 heterocycles. The molecule has 0 aliphatic carbocycles. The molecule has 20 heavy (non-hydrogen) atoms. The highest BCUT2D eigenvalue weighted by Gasteiger charge is 2.19.